The van der Waals surface area contributed by atoms with Gasteiger partial charge in [-0.1, -0.05) is 57.8 Å². The fourth-order valence-electron chi connectivity index (χ4n) is 1.93. The van der Waals surface area contributed by atoms with Crippen molar-refractivity contribution in [3.05, 3.63) is 0 Å². The summed E-state index contributed by atoms with van der Waals surface area (Å²) in [6.07, 6.45) is 16.4. The number of rotatable bonds is 13. The highest BCUT2D eigenvalue weighted by Crippen LogP contribution is 2.11. The average Bonchev–Trinajstić information content (AvgIpc) is 2.31. The zero-order chi connectivity index (χ0) is 11.9. The Morgan fingerprint density at radius 1 is 0.625 bits per heavy atom. The van der Waals surface area contributed by atoms with Crippen LogP contribution in [-0.4, -0.2) is 12.0 Å². The van der Waals surface area contributed by atoms with E-state index in [9.17, 15) is 4.79 Å². The quantitative estimate of drug-likeness (QED) is 0.280. The highest BCUT2D eigenvalue weighted by atomic mass is 32.1. The molecular formula is C14H28OS. The third kappa shape index (κ3) is 14.0. The topological polar surface area (TPSA) is 17.1 Å². The maximum atomic E-state index is 10.1. The molecule has 0 saturated heterocycles. The molecule has 0 radical (unpaired) electrons. The van der Waals surface area contributed by atoms with Crippen molar-refractivity contribution in [2.24, 2.45) is 0 Å². The van der Waals surface area contributed by atoms with Gasteiger partial charge in [-0.2, -0.15) is 12.6 Å². The van der Waals surface area contributed by atoms with Crippen molar-refractivity contribution >= 4 is 18.9 Å². The molecule has 0 atom stereocenters. The zero-order valence-corrected chi connectivity index (χ0v) is 11.5. The van der Waals surface area contributed by atoms with Crippen molar-refractivity contribution in [3.8, 4) is 0 Å². The van der Waals surface area contributed by atoms with Gasteiger partial charge in [-0.3, -0.25) is 0 Å². The summed E-state index contributed by atoms with van der Waals surface area (Å²) in [5.41, 5.74) is 0. The van der Waals surface area contributed by atoms with E-state index in [1.165, 1.54) is 64.2 Å². The lowest BCUT2D eigenvalue weighted by atomic mass is 10.1. The number of hydrogen-bond donors (Lipinski definition) is 1. The Morgan fingerprint density at radius 3 is 1.38 bits per heavy atom. The molecular weight excluding hydrogens is 216 g/mol. The van der Waals surface area contributed by atoms with E-state index in [0.29, 0.717) is 0 Å². The monoisotopic (exact) mass is 244 g/mol. The minimum absolute atomic E-state index is 0.755. The van der Waals surface area contributed by atoms with Crippen LogP contribution >= 0.6 is 12.6 Å². The largest absolute Gasteiger partial charge is 0.303 e. The summed E-state index contributed by atoms with van der Waals surface area (Å²) in [6, 6.07) is 0. The van der Waals surface area contributed by atoms with Crippen molar-refractivity contribution in [3.63, 3.8) is 0 Å². The normalized spacial score (nSPS) is 10.6. The Bertz CT molecular complexity index is 137. The van der Waals surface area contributed by atoms with Gasteiger partial charge in [0.05, 0.1) is 0 Å². The van der Waals surface area contributed by atoms with Crippen LogP contribution in [0.4, 0.5) is 0 Å². The lowest BCUT2D eigenvalue weighted by Gasteiger charge is -2.01. The predicted molar refractivity (Wildman–Crippen MR) is 75.3 cm³/mol. The fourth-order valence-corrected chi connectivity index (χ4v) is 2.15. The van der Waals surface area contributed by atoms with E-state index in [2.05, 4.69) is 12.6 Å². The van der Waals surface area contributed by atoms with Crippen molar-refractivity contribution in [2.45, 2.75) is 77.0 Å². The van der Waals surface area contributed by atoms with Crippen LogP contribution in [0.1, 0.15) is 77.0 Å². The molecule has 0 N–H and O–H groups in total. The summed E-state index contributed by atoms with van der Waals surface area (Å²) in [6.45, 7) is 0. The standard InChI is InChI=1S/C14H28OS/c15-13-11-9-7-5-3-1-2-4-6-8-10-12-14-16/h13,16H,1-12,14H2. The molecule has 0 spiro atoms. The average molecular weight is 244 g/mol. The minimum Gasteiger partial charge on any atom is -0.303 e. The molecule has 0 unspecified atom stereocenters. The van der Waals surface area contributed by atoms with Gasteiger partial charge in [0, 0.05) is 6.42 Å². The second kappa shape index (κ2) is 15.0. The third-order valence-corrected chi connectivity index (χ3v) is 3.30. The van der Waals surface area contributed by atoms with Gasteiger partial charge in [-0.15, -0.1) is 0 Å². The highest BCUT2D eigenvalue weighted by Gasteiger charge is 1.92. The van der Waals surface area contributed by atoms with Crippen molar-refractivity contribution in [1.82, 2.24) is 0 Å². The zero-order valence-electron chi connectivity index (χ0n) is 10.6. The molecule has 96 valence electrons. The minimum atomic E-state index is 0.755. The molecule has 0 rings (SSSR count). The van der Waals surface area contributed by atoms with Crippen molar-refractivity contribution < 1.29 is 4.79 Å². The highest BCUT2D eigenvalue weighted by molar-refractivity contribution is 7.80. The molecule has 0 aliphatic heterocycles. The van der Waals surface area contributed by atoms with E-state index < -0.39 is 0 Å². The molecule has 0 aromatic rings. The number of carbonyl (C=O) groups excluding carboxylic acids is 1. The first kappa shape index (κ1) is 16.0. The smallest absolute Gasteiger partial charge is 0.119 e. The SMILES string of the molecule is O=CCCCCCCCCCCCCCS. The van der Waals surface area contributed by atoms with E-state index in [-0.39, 0.29) is 0 Å². The molecule has 0 saturated carbocycles. The summed E-state index contributed by atoms with van der Waals surface area (Å²) in [4.78, 5) is 10.1. The maximum absolute atomic E-state index is 10.1. The van der Waals surface area contributed by atoms with Gasteiger partial charge < -0.3 is 4.79 Å². The summed E-state index contributed by atoms with van der Waals surface area (Å²) in [5, 5.41) is 0. The van der Waals surface area contributed by atoms with Crippen LogP contribution < -0.4 is 0 Å². The Hall–Kier alpha value is 0.0200. The Balaban J connectivity index is 2.85. The van der Waals surface area contributed by atoms with Crippen molar-refractivity contribution in [2.75, 3.05) is 5.75 Å². The van der Waals surface area contributed by atoms with E-state index in [1.54, 1.807) is 0 Å². The number of hydrogen-bond acceptors (Lipinski definition) is 2. The summed E-state index contributed by atoms with van der Waals surface area (Å²) in [7, 11) is 0. The summed E-state index contributed by atoms with van der Waals surface area (Å²) < 4.78 is 0. The fraction of sp³-hybridized carbons (Fsp3) is 0.929. The molecule has 0 aliphatic carbocycles. The first-order valence-corrected chi connectivity index (χ1v) is 7.59. The molecule has 0 aromatic heterocycles. The van der Waals surface area contributed by atoms with Gasteiger partial charge in [-0.25, -0.2) is 0 Å². The van der Waals surface area contributed by atoms with Gasteiger partial charge in [-0.05, 0) is 18.6 Å². The van der Waals surface area contributed by atoms with Gasteiger partial charge in [0.2, 0.25) is 0 Å². The molecule has 2 heteroatoms. The van der Waals surface area contributed by atoms with Gasteiger partial charge in [0.15, 0.2) is 0 Å². The lowest BCUT2D eigenvalue weighted by Crippen LogP contribution is -1.83. The Morgan fingerprint density at radius 2 is 1.00 bits per heavy atom. The molecule has 1 nitrogen and oxygen atoms in total. The third-order valence-electron chi connectivity index (χ3n) is 2.98. The van der Waals surface area contributed by atoms with Gasteiger partial charge in [0.25, 0.3) is 0 Å². The van der Waals surface area contributed by atoms with Crippen LogP contribution in [0.5, 0.6) is 0 Å². The maximum Gasteiger partial charge on any atom is 0.119 e. The number of carbonyl (C=O) groups is 1. The number of aldehydes is 1. The Labute approximate surface area is 107 Å². The van der Waals surface area contributed by atoms with Crippen LogP contribution in [0.3, 0.4) is 0 Å². The van der Waals surface area contributed by atoms with Crippen LogP contribution in [-0.2, 0) is 4.79 Å². The van der Waals surface area contributed by atoms with E-state index in [0.717, 1.165) is 24.9 Å². The van der Waals surface area contributed by atoms with Crippen molar-refractivity contribution in [1.29, 1.82) is 0 Å². The molecule has 0 aromatic carbocycles. The molecule has 0 heterocycles. The van der Waals surface area contributed by atoms with Crippen LogP contribution in [0.2, 0.25) is 0 Å². The summed E-state index contributed by atoms with van der Waals surface area (Å²) >= 11 is 4.20. The lowest BCUT2D eigenvalue weighted by molar-refractivity contribution is -0.107. The van der Waals surface area contributed by atoms with Crippen LogP contribution in [0.15, 0.2) is 0 Å². The first-order chi connectivity index (χ1) is 7.91. The van der Waals surface area contributed by atoms with Crippen LogP contribution in [0, 0.1) is 0 Å². The van der Waals surface area contributed by atoms with E-state index >= 15 is 0 Å². The molecule has 0 aliphatic rings. The first-order valence-electron chi connectivity index (χ1n) is 6.96. The predicted octanol–water partition coefficient (Wildman–Crippen LogP) is 4.80. The Kier molecular flexibility index (Phi) is 15.0. The number of thiol groups is 1. The summed E-state index contributed by atoms with van der Waals surface area (Å²) in [5.74, 6) is 1.04. The van der Waals surface area contributed by atoms with E-state index in [1.807, 2.05) is 0 Å². The molecule has 0 amide bonds. The molecule has 0 bridgehead atoms. The molecule has 0 fully saturated rings. The van der Waals surface area contributed by atoms with E-state index in [4.69, 9.17) is 0 Å². The van der Waals surface area contributed by atoms with Gasteiger partial charge >= 0.3 is 0 Å². The second-order valence-electron chi connectivity index (χ2n) is 4.57. The second-order valence-corrected chi connectivity index (χ2v) is 5.02. The number of unbranched alkanes of at least 4 members (excludes halogenated alkanes) is 11. The van der Waals surface area contributed by atoms with Gasteiger partial charge in [0.1, 0.15) is 6.29 Å². The van der Waals surface area contributed by atoms with Crippen LogP contribution in [0.25, 0.3) is 0 Å². The molecule has 16 heavy (non-hydrogen) atoms.